The van der Waals surface area contributed by atoms with Crippen molar-refractivity contribution in [3.63, 3.8) is 0 Å². The Morgan fingerprint density at radius 1 is 1.25 bits per heavy atom. The van der Waals surface area contributed by atoms with Crippen LogP contribution in [0.25, 0.3) is 0 Å². The molecule has 1 unspecified atom stereocenters. The fourth-order valence-corrected chi connectivity index (χ4v) is 5.13. The van der Waals surface area contributed by atoms with Crippen molar-refractivity contribution in [2.24, 2.45) is 5.92 Å². The van der Waals surface area contributed by atoms with Crippen molar-refractivity contribution in [2.45, 2.75) is 64.0 Å². The molecule has 6 nitrogen and oxygen atoms in total. The summed E-state index contributed by atoms with van der Waals surface area (Å²) in [6.07, 6.45) is 7.04. The second-order valence-electron chi connectivity index (χ2n) is 9.42. The highest BCUT2D eigenvalue weighted by Gasteiger charge is 2.43. The molecule has 2 aliphatic heterocycles. The van der Waals surface area contributed by atoms with Crippen molar-refractivity contribution >= 4 is 17.1 Å². The highest BCUT2D eigenvalue weighted by molar-refractivity contribution is 7.81. The Kier molecular flexibility index (Phi) is 7.05. The first-order chi connectivity index (χ1) is 15.3. The Hall–Kier alpha value is -1.74. The van der Waals surface area contributed by atoms with Crippen LogP contribution >= 0.6 is 0 Å². The minimum atomic E-state index is -1.17. The lowest BCUT2D eigenvalue weighted by Crippen LogP contribution is -2.40. The molecule has 1 aromatic carbocycles. The number of ether oxygens (including phenoxy) is 2. The standard InChI is InChI=1S/C23H32F2N2O4S/c1-23(8-9-23)31-22(28)26-10-5-16(6-11-26)4-3-13-30-21-19(24)14-17-15-27(32(2)29)12-7-18(17)20(21)25/h14,16H,3-13,15H2,1-2H3. The molecular weight excluding hydrogens is 438 g/mol. The summed E-state index contributed by atoms with van der Waals surface area (Å²) in [5.74, 6) is -1.17. The van der Waals surface area contributed by atoms with Gasteiger partial charge in [0.15, 0.2) is 17.4 Å². The summed E-state index contributed by atoms with van der Waals surface area (Å²) in [6, 6.07) is 1.31. The molecule has 178 valence electrons. The Balaban J connectivity index is 1.22. The summed E-state index contributed by atoms with van der Waals surface area (Å²) in [5.41, 5.74) is 0.748. The Morgan fingerprint density at radius 3 is 2.62 bits per heavy atom. The Bertz CT molecular complexity index is 885. The molecule has 3 aliphatic rings. The van der Waals surface area contributed by atoms with Crippen LogP contribution in [0.4, 0.5) is 13.6 Å². The lowest BCUT2D eigenvalue weighted by atomic mass is 9.92. The summed E-state index contributed by atoms with van der Waals surface area (Å²) < 4.78 is 53.7. The fourth-order valence-electron chi connectivity index (χ4n) is 4.46. The van der Waals surface area contributed by atoms with Crippen molar-refractivity contribution in [3.05, 3.63) is 28.8 Å². The number of carbonyl (C=O) groups excluding carboxylic acids is 1. The highest BCUT2D eigenvalue weighted by Crippen LogP contribution is 2.39. The zero-order chi connectivity index (χ0) is 22.9. The van der Waals surface area contributed by atoms with Crippen molar-refractivity contribution in [1.29, 1.82) is 0 Å². The number of amides is 1. The minimum absolute atomic E-state index is 0.210. The first kappa shape index (κ1) is 23.4. The average molecular weight is 471 g/mol. The largest absolute Gasteiger partial charge is 0.488 e. The molecule has 9 heteroatoms. The molecule has 1 saturated heterocycles. The summed E-state index contributed by atoms with van der Waals surface area (Å²) in [6.45, 7) is 4.34. The van der Waals surface area contributed by atoms with E-state index in [1.54, 1.807) is 15.5 Å². The summed E-state index contributed by atoms with van der Waals surface area (Å²) in [5, 5.41) is 0. The highest BCUT2D eigenvalue weighted by atomic mass is 32.2. The monoisotopic (exact) mass is 470 g/mol. The Morgan fingerprint density at radius 2 is 1.97 bits per heavy atom. The van der Waals surface area contributed by atoms with Crippen LogP contribution in [-0.4, -0.2) is 57.6 Å². The number of nitrogens with zero attached hydrogens (tertiary/aromatic N) is 2. The number of halogens is 2. The molecule has 0 bridgehead atoms. The second kappa shape index (κ2) is 9.63. The van der Waals surface area contributed by atoms with Crippen LogP contribution in [0.5, 0.6) is 5.75 Å². The lowest BCUT2D eigenvalue weighted by Gasteiger charge is -2.32. The van der Waals surface area contributed by atoms with Crippen molar-refractivity contribution in [2.75, 3.05) is 32.5 Å². The predicted octanol–water partition coefficient (Wildman–Crippen LogP) is 4.18. The molecule has 1 atom stereocenters. The maximum Gasteiger partial charge on any atom is 0.410 e. The van der Waals surface area contributed by atoms with Crippen LogP contribution in [0, 0.1) is 17.6 Å². The minimum Gasteiger partial charge on any atom is -0.488 e. The van der Waals surface area contributed by atoms with Gasteiger partial charge in [-0.25, -0.2) is 22.1 Å². The summed E-state index contributed by atoms with van der Waals surface area (Å²) >= 11 is 0. The van der Waals surface area contributed by atoms with Crippen molar-refractivity contribution < 1.29 is 27.3 Å². The molecule has 0 spiro atoms. The number of benzene rings is 1. The SMILES string of the molecule is CS(=O)N1CCc2c(cc(F)c(OCCCC3CCN(C(=O)OC4(C)CC4)CC3)c2F)C1. The smallest absolute Gasteiger partial charge is 0.410 e. The van der Waals surface area contributed by atoms with E-state index in [0.717, 1.165) is 32.1 Å². The zero-order valence-corrected chi connectivity index (χ0v) is 19.6. The first-order valence-corrected chi connectivity index (χ1v) is 13.0. The maximum absolute atomic E-state index is 14.9. The number of rotatable bonds is 7. The molecule has 0 radical (unpaired) electrons. The van der Waals surface area contributed by atoms with E-state index < -0.39 is 22.6 Å². The molecule has 4 rings (SSSR count). The van der Waals surface area contributed by atoms with E-state index in [1.165, 1.54) is 6.07 Å². The molecule has 1 aliphatic carbocycles. The van der Waals surface area contributed by atoms with Gasteiger partial charge in [-0.05, 0) is 75.0 Å². The molecule has 2 heterocycles. The number of hydrogen-bond acceptors (Lipinski definition) is 4. The van der Waals surface area contributed by atoms with Gasteiger partial charge in [-0.2, -0.15) is 0 Å². The summed E-state index contributed by atoms with van der Waals surface area (Å²) in [4.78, 5) is 14.0. The average Bonchev–Trinajstić information content (AvgIpc) is 3.49. The van der Waals surface area contributed by atoms with Gasteiger partial charge in [0.25, 0.3) is 0 Å². The van der Waals surface area contributed by atoms with Gasteiger partial charge in [-0.15, -0.1) is 0 Å². The van der Waals surface area contributed by atoms with Crippen LogP contribution in [0.1, 0.15) is 56.6 Å². The van der Waals surface area contributed by atoms with E-state index in [0.29, 0.717) is 49.5 Å². The zero-order valence-electron chi connectivity index (χ0n) is 18.8. The Labute approximate surface area is 190 Å². The molecule has 0 N–H and O–H groups in total. The lowest BCUT2D eigenvalue weighted by molar-refractivity contribution is 0.0481. The van der Waals surface area contributed by atoms with Gasteiger partial charge in [0, 0.05) is 32.4 Å². The molecule has 2 fully saturated rings. The number of hydrogen-bond donors (Lipinski definition) is 0. The third-order valence-electron chi connectivity index (χ3n) is 6.85. The van der Waals surface area contributed by atoms with E-state index in [2.05, 4.69) is 0 Å². The maximum atomic E-state index is 14.9. The fraction of sp³-hybridized carbons (Fsp3) is 0.696. The van der Waals surface area contributed by atoms with Gasteiger partial charge in [0.1, 0.15) is 5.60 Å². The summed E-state index contributed by atoms with van der Waals surface area (Å²) in [7, 11) is -1.17. The number of carbonyl (C=O) groups is 1. The van der Waals surface area contributed by atoms with Crippen LogP contribution in [0.15, 0.2) is 6.07 Å². The molecule has 1 amide bonds. The van der Waals surface area contributed by atoms with E-state index in [9.17, 15) is 17.8 Å². The van der Waals surface area contributed by atoms with Gasteiger partial charge in [-0.1, -0.05) is 0 Å². The van der Waals surface area contributed by atoms with Crippen molar-refractivity contribution in [3.8, 4) is 5.75 Å². The van der Waals surface area contributed by atoms with Gasteiger partial charge in [-0.3, -0.25) is 0 Å². The number of piperidine rings is 1. The van der Waals surface area contributed by atoms with Crippen molar-refractivity contribution in [1.82, 2.24) is 9.21 Å². The van der Waals surface area contributed by atoms with Gasteiger partial charge in [0.2, 0.25) is 0 Å². The normalized spacial score (nSPS) is 21.7. The predicted molar refractivity (Wildman–Crippen MR) is 118 cm³/mol. The third kappa shape index (κ3) is 5.42. The van der Waals surface area contributed by atoms with E-state index in [-0.39, 0.29) is 30.6 Å². The number of fused-ring (bicyclic) bond motifs is 1. The van der Waals surface area contributed by atoms with Crippen LogP contribution < -0.4 is 4.74 Å². The number of likely N-dealkylation sites (tertiary alicyclic amines) is 1. The van der Waals surface area contributed by atoms with E-state index in [4.69, 9.17) is 9.47 Å². The molecule has 0 aromatic heterocycles. The molecule has 1 aromatic rings. The molecule has 1 saturated carbocycles. The topological polar surface area (TPSA) is 59.1 Å². The van der Waals surface area contributed by atoms with Gasteiger partial charge < -0.3 is 14.4 Å². The van der Waals surface area contributed by atoms with Gasteiger partial charge >= 0.3 is 6.09 Å². The van der Waals surface area contributed by atoms with Crippen LogP contribution in [0.3, 0.4) is 0 Å². The van der Waals surface area contributed by atoms with Crippen LogP contribution in [-0.2, 0) is 28.7 Å². The van der Waals surface area contributed by atoms with Gasteiger partial charge in [0.05, 0.1) is 17.6 Å². The first-order valence-electron chi connectivity index (χ1n) is 11.4. The van der Waals surface area contributed by atoms with E-state index in [1.807, 2.05) is 6.92 Å². The van der Waals surface area contributed by atoms with Crippen LogP contribution in [0.2, 0.25) is 0 Å². The third-order valence-corrected chi connectivity index (χ3v) is 7.89. The quantitative estimate of drug-likeness (QED) is 0.561. The second-order valence-corrected chi connectivity index (χ2v) is 10.8. The molecule has 32 heavy (non-hydrogen) atoms. The van der Waals surface area contributed by atoms with E-state index >= 15 is 0 Å². The molecular formula is C23H32F2N2O4S.